The number of likely N-dealkylation sites (N-methyl/N-ethyl adjacent to an activating group) is 1. The molecule has 2 amide bonds. The van der Waals surface area contributed by atoms with Gasteiger partial charge >= 0.3 is 0 Å². The van der Waals surface area contributed by atoms with Crippen molar-refractivity contribution in [2.45, 2.75) is 30.8 Å². The highest BCUT2D eigenvalue weighted by Crippen LogP contribution is 2.34. The zero-order valence-corrected chi connectivity index (χ0v) is 27.7. The van der Waals surface area contributed by atoms with Gasteiger partial charge in [0.1, 0.15) is 18.3 Å². The number of amides is 2. The number of carbonyl (C=O) groups is 2. The van der Waals surface area contributed by atoms with Crippen molar-refractivity contribution in [3.8, 4) is 5.75 Å². The Labute approximate surface area is 278 Å². The van der Waals surface area contributed by atoms with Crippen LogP contribution in [0.5, 0.6) is 5.75 Å². The lowest BCUT2D eigenvalue weighted by atomic mass is 10.0. The van der Waals surface area contributed by atoms with E-state index in [9.17, 15) is 18.0 Å². The van der Waals surface area contributed by atoms with Crippen LogP contribution < -0.4 is 14.4 Å². The minimum atomic E-state index is -4.35. The normalized spacial score (nSPS) is 11.8. The summed E-state index contributed by atoms with van der Waals surface area (Å²) in [5, 5.41) is 3.58. The van der Waals surface area contributed by atoms with E-state index in [0.717, 1.165) is 9.87 Å². The SMILES string of the molecule is CCOc1ccccc1N(CC(=O)N(Cc1c(Cl)cccc1Cl)[C@H](Cc1ccccc1)C(=O)NC)S(=O)(=O)c1ccc(Cl)cc1. The van der Waals surface area contributed by atoms with E-state index in [1.807, 2.05) is 30.3 Å². The number of sulfonamides is 1. The third kappa shape index (κ3) is 8.29. The Morgan fingerprint density at radius 1 is 0.844 bits per heavy atom. The smallest absolute Gasteiger partial charge is 0.264 e. The molecule has 0 bridgehead atoms. The summed E-state index contributed by atoms with van der Waals surface area (Å²) in [5.41, 5.74) is 1.36. The molecule has 12 heteroatoms. The zero-order chi connectivity index (χ0) is 32.6. The van der Waals surface area contributed by atoms with Crippen molar-refractivity contribution in [1.29, 1.82) is 0 Å². The highest BCUT2D eigenvalue weighted by Gasteiger charge is 2.35. The number of hydrogen-bond acceptors (Lipinski definition) is 5. The van der Waals surface area contributed by atoms with E-state index in [1.54, 1.807) is 49.4 Å². The number of nitrogens with zero attached hydrogens (tertiary/aromatic N) is 2. The molecule has 0 saturated carbocycles. The van der Waals surface area contributed by atoms with Crippen molar-refractivity contribution in [3.05, 3.63) is 123 Å². The number of para-hydroxylation sites is 2. The van der Waals surface area contributed by atoms with Gasteiger partial charge in [0.2, 0.25) is 11.8 Å². The van der Waals surface area contributed by atoms with Gasteiger partial charge in [0, 0.05) is 40.6 Å². The van der Waals surface area contributed by atoms with Crippen LogP contribution in [0.2, 0.25) is 15.1 Å². The molecule has 0 aliphatic heterocycles. The average Bonchev–Trinajstić information content (AvgIpc) is 3.03. The summed E-state index contributed by atoms with van der Waals surface area (Å²) in [6, 6.07) is 25.3. The second-order valence-electron chi connectivity index (χ2n) is 9.91. The maximum Gasteiger partial charge on any atom is 0.264 e. The Morgan fingerprint density at radius 2 is 1.47 bits per heavy atom. The third-order valence-electron chi connectivity index (χ3n) is 7.02. The Kier molecular flexibility index (Phi) is 11.7. The molecular weight excluding hydrogens is 657 g/mol. The van der Waals surface area contributed by atoms with E-state index in [1.165, 1.54) is 36.2 Å². The maximum atomic E-state index is 14.5. The summed E-state index contributed by atoms with van der Waals surface area (Å²) in [6.07, 6.45) is 0.147. The maximum absolute atomic E-state index is 14.5. The number of ether oxygens (including phenoxy) is 1. The van der Waals surface area contributed by atoms with Gasteiger partial charge in [0.15, 0.2) is 0 Å². The molecular formula is C33H32Cl3N3O5S. The molecule has 4 aromatic rings. The minimum absolute atomic E-state index is 0.0844. The predicted molar refractivity (Wildman–Crippen MR) is 179 cm³/mol. The topological polar surface area (TPSA) is 96.0 Å². The van der Waals surface area contributed by atoms with E-state index >= 15 is 0 Å². The molecule has 0 spiro atoms. The number of hydrogen-bond donors (Lipinski definition) is 1. The van der Waals surface area contributed by atoms with E-state index < -0.39 is 34.4 Å². The van der Waals surface area contributed by atoms with Gasteiger partial charge in [0.25, 0.3) is 10.0 Å². The number of nitrogens with one attached hydrogen (secondary N) is 1. The zero-order valence-electron chi connectivity index (χ0n) is 24.6. The Balaban J connectivity index is 1.85. The molecule has 1 atom stereocenters. The van der Waals surface area contributed by atoms with Gasteiger partial charge in [0.05, 0.1) is 17.2 Å². The first-order chi connectivity index (χ1) is 21.6. The lowest BCUT2D eigenvalue weighted by Crippen LogP contribution is -2.53. The van der Waals surface area contributed by atoms with E-state index in [0.29, 0.717) is 20.6 Å². The van der Waals surface area contributed by atoms with E-state index in [2.05, 4.69) is 5.32 Å². The van der Waals surface area contributed by atoms with Crippen LogP contribution in [-0.4, -0.2) is 51.4 Å². The molecule has 0 aliphatic carbocycles. The van der Waals surface area contributed by atoms with Crippen LogP contribution in [0, 0.1) is 0 Å². The van der Waals surface area contributed by atoms with Gasteiger partial charge in [-0.3, -0.25) is 13.9 Å². The molecule has 0 fully saturated rings. The summed E-state index contributed by atoms with van der Waals surface area (Å²) >= 11 is 19.1. The van der Waals surface area contributed by atoms with Gasteiger partial charge in [-0.2, -0.15) is 0 Å². The van der Waals surface area contributed by atoms with Crippen molar-refractivity contribution in [2.24, 2.45) is 0 Å². The van der Waals surface area contributed by atoms with Gasteiger partial charge < -0.3 is 15.0 Å². The van der Waals surface area contributed by atoms with Crippen molar-refractivity contribution in [2.75, 3.05) is 24.5 Å². The number of rotatable bonds is 13. The molecule has 0 radical (unpaired) electrons. The standard InChI is InChI=1S/C33H32Cl3N3O5S/c1-3-44-31-15-8-7-14-29(31)39(45(42,43)25-18-16-24(34)17-19-25)22-32(40)38(21-26-27(35)12-9-13-28(26)36)30(33(41)37-2)20-23-10-5-4-6-11-23/h4-19,30H,3,20-22H2,1-2H3,(H,37,41)/t30-/m1/s1. The van der Waals surface area contributed by atoms with Crippen LogP contribution in [0.4, 0.5) is 5.69 Å². The monoisotopic (exact) mass is 687 g/mol. The average molecular weight is 689 g/mol. The summed E-state index contributed by atoms with van der Waals surface area (Å²) < 4.78 is 35.2. The second kappa shape index (κ2) is 15.5. The van der Waals surface area contributed by atoms with Crippen molar-refractivity contribution >= 4 is 62.3 Å². The van der Waals surface area contributed by atoms with Gasteiger partial charge in [-0.15, -0.1) is 0 Å². The van der Waals surface area contributed by atoms with Gasteiger partial charge in [-0.25, -0.2) is 8.42 Å². The summed E-state index contributed by atoms with van der Waals surface area (Å²) in [4.78, 5) is 29.2. The van der Waals surface area contributed by atoms with E-state index in [-0.39, 0.29) is 35.9 Å². The fraction of sp³-hybridized carbons (Fsp3) is 0.212. The quantitative estimate of drug-likeness (QED) is 0.170. The largest absolute Gasteiger partial charge is 0.492 e. The minimum Gasteiger partial charge on any atom is -0.492 e. The molecule has 236 valence electrons. The highest BCUT2D eigenvalue weighted by molar-refractivity contribution is 7.92. The van der Waals surface area contributed by atoms with Crippen LogP contribution in [0.1, 0.15) is 18.1 Å². The number of anilines is 1. The molecule has 0 heterocycles. The third-order valence-corrected chi connectivity index (χ3v) is 9.76. The molecule has 4 aromatic carbocycles. The first-order valence-electron chi connectivity index (χ1n) is 14.0. The molecule has 4 rings (SSSR count). The Morgan fingerprint density at radius 3 is 2.09 bits per heavy atom. The fourth-order valence-corrected chi connectivity index (χ4v) is 6.83. The molecule has 45 heavy (non-hydrogen) atoms. The van der Waals surface area contributed by atoms with Crippen molar-refractivity contribution < 1.29 is 22.7 Å². The summed E-state index contributed by atoms with van der Waals surface area (Å²) in [6.45, 7) is 1.20. The van der Waals surface area contributed by atoms with Gasteiger partial charge in [-0.1, -0.05) is 83.3 Å². The first kappa shape index (κ1) is 34.1. The van der Waals surface area contributed by atoms with E-state index in [4.69, 9.17) is 39.5 Å². The molecule has 0 unspecified atom stereocenters. The summed E-state index contributed by atoms with van der Waals surface area (Å²) in [5.74, 6) is -0.852. The molecule has 0 aliphatic rings. The van der Waals surface area contributed by atoms with Crippen LogP contribution in [0.3, 0.4) is 0 Å². The van der Waals surface area contributed by atoms with Gasteiger partial charge in [-0.05, 0) is 61.0 Å². The Hall–Kier alpha value is -3.76. The predicted octanol–water partition coefficient (Wildman–Crippen LogP) is 6.63. The van der Waals surface area contributed by atoms with Crippen LogP contribution in [-0.2, 0) is 32.6 Å². The van der Waals surface area contributed by atoms with Crippen molar-refractivity contribution in [3.63, 3.8) is 0 Å². The first-order valence-corrected chi connectivity index (χ1v) is 16.6. The van der Waals surface area contributed by atoms with Crippen LogP contribution in [0.15, 0.2) is 102 Å². The van der Waals surface area contributed by atoms with Crippen molar-refractivity contribution in [1.82, 2.24) is 10.2 Å². The number of benzene rings is 4. The fourth-order valence-electron chi connectivity index (χ4n) is 4.76. The second-order valence-corrected chi connectivity index (χ2v) is 13.0. The highest BCUT2D eigenvalue weighted by atomic mass is 35.5. The lowest BCUT2D eigenvalue weighted by molar-refractivity contribution is -0.139. The molecule has 1 N–H and O–H groups in total. The molecule has 0 saturated heterocycles. The molecule has 8 nitrogen and oxygen atoms in total. The van der Waals surface area contributed by atoms with Crippen LogP contribution >= 0.6 is 34.8 Å². The number of halogens is 3. The molecule has 0 aromatic heterocycles. The number of carbonyl (C=O) groups excluding carboxylic acids is 2. The summed E-state index contributed by atoms with van der Waals surface area (Å²) in [7, 11) is -2.87. The lowest BCUT2D eigenvalue weighted by Gasteiger charge is -2.34. The Bertz CT molecular complexity index is 1720. The van der Waals surface area contributed by atoms with Crippen LogP contribution in [0.25, 0.3) is 0 Å².